The Bertz CT molecular complexity index is 275. The van der Waals surface area contributed by atoms with E-state index in [1.54, 1.807) is 6.07 Å². The first-order valence-electron chi connectivity index (χ1n) is 3.69. The summed E-state index contributed by atoms with van der Waals surface area (Å²) in [6, 6.07) is 1.45. The zero-order chi connectivity index (χ0) is 9.84. The first-order chi connectivity index (χ1) is 6.11. The number of nitrogens with zero attached hydrogens (tertiary/aromatic N) is 2. The predicted octanol–water partition coefficient (Wildman–Crippen LogP) is 1.58. The Balaban J connectivity index is 2.77. The molecular formula is C7H9Cl2N3O. The van der Waals surface area contributed by atoms with Crippen molar-refractivity contribution in [3.05, 3.63) is 16.5 Å². The van der Waals surface area contributed by atoms with Crippen molar-refractivity contribution in [2.24, 2.45) is 0 Å². The average molecular weight is 222 g/mol. The topological polar surface area (TPSA) is 58.0 Å². The van der Waals surface area contributed by atoms with Crippen LogP contribution in [0.15, 0.2) is 6.07 Å². The molecule has 1 aromatic rings. The van der Waals surface area contributed by atoms with Crippen LogP contribution >= 0.6 is 23.2 Å². The van der Waals surface area contributed by atoms with Gasteiger partial charge in [-0.2, -0.15) is 0 Å². The van der Waals surface area contributed by atoms with Gasteiger partial charge in [-0.3, -0.25) is 0 Å². The minimum Gasteiger partial charge on any atom is -0.394 e. The zero-order valence-corrected chi connectivity index (χ0v) is 8.47. The lowest BCUT2D eigenvalue weighted by Gasteiger charge is -2.10. The molecule has 0 amide bonds. The highest BCUT2D eigenvalue weighted by molar-refractivity contribution is 6.32. The molecule has 0 aliphatic rings. The van der Waals surface area contributed by atoms with Crippen molar-refractivity contribution >= 4 is 29.0 Å². The number of anilines is 1. The molecule has 1 atom stereocenters. The summed E-state index contributed by atoms with van der Waals surface area (Å²) in [6.45, 7) is 1.82. The van der Waals surface area contributed by atoms with Crippen LogP contribution in [0.25, 0.3) is 0 Å². The Kier molecular flexibility index (Phi) is 3.71. The van der Waals surface area contributed by atoms with Crippen LogP contribution < -0.4 is 5.32 Å². The van der Waals surface area contributed by atoms with E-state index in [1.807, 2.05) is 6.92 Å². The first kappa shape index (κ1) is 10.5. The standard InChI is InChI=1S/C7H9Cl2N3O/c1-4(3-13)10-6-2-5(8)11-7(9)12-6/h2,4,13H,3H2,1H3,(H,10,11,12)/t4-/m1/s1. The highest BCUT2D eigenvalue weighted by Crippen LogP contribution is 2.14. The van der Waals surface area contributed by atoms with Gasteiger partial charge in [0.1, 0.15) is 11.0 Å². The highest BCUT2D eigenvalue weighted by Gasteiger charge is 2.03. The molecule has 1 aromatic heterocycles. The first-order valence-corrected chi connectivity index (χ1v) is 4.45. The Morgan fingerprint density at radius 3 is 2.77 bits per heavy atom. The Morgan fingerprint density at radius 2 is 2.23 bits per heavy atom. The molecule has 6 heteroatoms. The van der Waals surface area contributed by atoms with Gasteiger partial charge in [-0.05, 0) is 18.5 Å². The maximum Gasteiger partial charge on any atom is 0.225 e. The number of aromatic nitrogens is 2. The summed E-state index contributed by atoms with van der Waals surface area (Å²) in [5, 5.41) is 12.0. The monoisotopic (exact) mass is 221 g/mol. The number of aliphatic hydroxyl groups excluding tert-OH is 1. The van der Waals surface area contributed by atoms with Crippen LogP contribution in [0.4, 0.5) is 5.82 Å². The van der Waals surface area contributed by atoms with Crippen LogP contribution in [0.3, 0.4) is 0 Å². The number of aliphatic hydroxyl groups is 1. The van der Waals surface area contributed by atoms with Gasteiger partial charge in [0.15, 0.2) is 0 Å². The highest BCUT2D eigenvalue weighted by atomic mass is 35.5. The van der Waals surface area contributed by atoms with E-state index in [0.717, 1.165) is 0 Å². The molecule has 0 saturated carbocycles. The van der Waals surface area contributed by atoms with Crippen LogP contribution in [-0.2, 0) is 0 Å². The van der Waals surface area contributed by atoms with Crippen molar-refractivity contribution < 1.29 is 5.11 Å². The van der Waals surface area contributed by atoms with Gasteiger partial charge in [0, 0.05) is 12.1 Å². The fourth-order valence-corrected chi connectivity index (χ4v) is 1.17. The average Bonchev–Trinajstić information content (AvgIpc) is 2.02. The van der Waals surface area contributed by atoms with Crippen molar-refractivity contribution in [3.63, 3.8) is 0 Å². The lowest BCUT2D eigenvalue weighted by atomic mass is 10.3. The van der Waals surface area contributed by atoms with E-state index in [0.29, 0.717) is 5.82 Å². The van der Waals surface area contributed by atoms with Gasteiger partial charge >= 0.3 is 0 Å². The summed E-state index contributed by atoms with van der Waals surface area (Å²) in [5.41, 5.74) is 0. The number of rotatable bonds is 3. The second-order valence-electron chi connectivity index (χ2n) is 2.57. The van der Waals surface area contributed by atoms with Crippen LogP contribution in [0.1, 0.15) is 6.92 Å². The summed E-state index contributed by atoms with van der Waals surface area (Å²) in [4.78, 5) is 7.55. The van der Waals surface area contributed by atoms with E-state index in [4.69, 9.17) is 28.3 Å². The number of nitrogens with one attached hydrogen (secondary N) is 1. The molecule has 1 rings (SSSR count). The molecule has 0 radical (unpaired) electrons. The minimum atomic E-state index is -0.0953. The van der Waals surface area contributed by atoms with Gasteiger partial charge in [0.2, 0.25) is 5.28 Å². The molecule has 4 nitrogen and oxygen atoms in total. The smallest absolute Gasteiger partial charge is 0.225 e. The fourth-order valence-electron chi connectivity index (χ4n) is 0.762. The second-order valence-corrected chi connectivity index (χ2v) is 3.30. The summed E-state index contributed by atoms with van der Waals surface area (Å²) in [7, 11) is 0. The lowest BCUT2D eigenvalue weighted by Crippen LogP contribution is -2.20. The van der Waals surface area contributed by atoms with Gasteiger partial charge in [-0.1, -0.05) is 11.6 Å². The van der Waals surface area contributed by atoms with E-state index >= 15 is 0 Å². The van der Waals surface area contributed by atoms with Crippen molar-refractivity contribution in [2.75, 3.05) is 11.9 Å². The van der Waals surface area contributed by atoms with Gasteiger partial charge in [-0.15, -0.1) is 0 Å². The molecule has 0 saturated heterocycles. The molecule has 1 heterocycles. The molecular weight excluding hydrogens is 213 g/mol. The number of hydrogen-bond donors (Lipinski definition) is 2. The molecule has 0 aliphatic heterocycles. The summed E-state index contributed by atoms with van der Waals surface area (Å²) in [5.74, 6) is 0.506. The molecule has 2 N–H and O–H groups in total. The van der Waals surface area contributed by atoms with Gasteiger partial charge < -0.3 is 10.4 Å². The Hall–Kier alpha value is -0.580. The molecule has 0 unspecified atom stereocenters. The summed E-state index contributed by atoms with van der Waals surface area (Å²) < 4.78 is 0. The van der Waals surface area contributed by atoms with Crippen LogP contribution in [-0.4, -0.2) is 27.7 Å². The SMILES string of the molecule is C[C@H](CO)Nc1cc(Cl)nc(Cl)n1. The maximum absolute atomic E-state index is 8.76. The van der Waals surface area contributed by atoms with E-state index in [2.05, 4.69) is 15.3 Å². The van der Waals surface area contributed by atoms with Crippen molar-refractivity contribution in [2.45, 2.75) is 13.0 Å². The second kappa shape index (κ2) is 4.60. The van der Waals surface area contributed by atoms with E-state index in [9.17, 15) is 0 Å². The molecule has 72 valence electrons. The zero-order valence-electron chi connectivity index (χ0n) is 6.96. The van der Waals surface area contributed by atoms with Gasteiger partial charge in [0.25, 0.3) is 0 Å². The minimum absolute atomic E-state index is 0.0131. The van der Waals surface area contributed by atoms with Crippen LogP contribution in [0.2, 0.25) is 10.4 Å². The number of halogens is 2. The molecule has 0 aromatic carbocycles. The third-order valence-corrected chi connectivity index (χ3v) is 1.70. The molecule has 0 spiro atoms. The molecule has 0 aliphatic carbocycles. The van der Waals surface area contributed by atoms with Gasteiger partial charge in [-0.25, -0.2) is 9.97 Å². The lowest BCUT2D eigenvalue weighted by molar-refractivity contribution is 0.281. The third-order valence-electron chi connectivity index (χ3n) is 1.34. The van der Waals surface area contributed by atoms with Crippen LogP contribution in [0, 0.1) is 0 Å². The van der Waals surface area contributed by atoms with Crippen molar-refractivity contribution in [1.29, 1.82) is 0 Å². The normalized spacial score (nSPS) is 12.6. The third kappa shape index (κ3) is 3.34. The van der Waals surface area contributed by atoms with Crippen molar-refractivity contribution in [3.8, 4) is 0 Å². The summed E-state index contributed by atoms with van der Waals surface area (Å²) in [6.07, 6.45) is 0. The molecule has 13 heavy (non-hydrogen) atoms. The summed E-state index contributed by atoms with van der Waals surface area (Å²) >= 11 is 11.2. The molecule has 0 fully saturated rings. The Morgan fingerprint density at radius 1 is 1.54 bits per heavy atom. The predicted molar refractivity (Wildman–Crippen MR) is 52.2 cm³/mol. The van der Waals surface area contributed by atoms with E-state index in [-0.39, 0.29) is 23.1 Å². The number of hydrogen-bond acceptors (Lipinski definition) is 4. The van der Waals surface area contributed by atoms with Gasteiger partial charge in [0.05, 0.1) is 6.61 Å². The quantitative estimate of drug-likeness (QED) is 0.602. The van der Waals surface area contributed by atoms with E-state index in [1.165, 1.54) is 0 Å². The fraction of sp³-hybridized carbons (Fsp3) is 0.429. The molecule has 0 bridgehead atoms. The maximum atomic E-state index is 8.76. The Labute approximate surface area is 85.9 Å². The van der Waals surface area contributed by atoms with E-state index < -0.39 is 0 Å². The van der Waals surface area contributed by atoms with Crippen molar-refractivity contribution in [1.82, 2.24) is 9.97 Å². The van der Waals surface area contributed by atoms with Crippen LogP contribution in [0.5, 0.6) is 0 Å². The largest absolute Gasteiger partial charge is 0.394 e.